The van der Waals surface area contributed by atoms with Gasteiger partial charge < -0.3 is 20.5 Å². The lowest BCUT2D eigenvalue weighted by Crippen LogP contribution is -2.55. The largest absolute Gasteiger partial charge is 0.481 e. The van der Waals surface area contributed by atoms with Gasteiger partial charge in [-0.2, -0.15) is 0 Å². The SMILES string of the molecule is CC(C)CCC(=O)NCC(=O)NC1(CC(=O)O)CCOCC1. The van der Waals surface area contributed by atoms with Gasteiger partial charge in [-0.3, -0.25) is 14.4 Å². The van der Waals surface area contributed by atoms with E-state index in [1.54, 1.807) is 0 Å². The molecular formula is C15H26N2O5. The summed E-state index contributed by atoms with van der Waals surface area (Å²) in [5.41, 5.74) is -0.774. The Labute approximate surface area is 130 Å². The average Bonchev–Trinajstić information content (AvgIpc) is 2.42. The molecule has 3 N–H and O–H groups in total. The van der Waals surface area contributed by atoms with Gasteiger partial charge in [0.1, 0.15) is 0 Å². The van der Waals surface area contributed by atoms with Gasteiger partial charge in [0.25, 0.3) is 0 Å². The van der Waals surface area contributed by atoms with Crippen LogP contribution >= 0.6 is 0 Å². The van der Waals surface area contributed by atoms with Crippen molar-refractivity contribution in [2.75, 3.05) is 19.8 Å². The van der Waals surface area contributed by atoms with Crippen molar-refractivity contribution in [2.24, 2.45) is 5.92 Å². The molecule has 0 bridgehead atoms. The number of carbonyl (C=O) groups is 3. The highest BCUT2D eigenvalue weighted by Crippen LogP contribution is 2.24. The zero-order valence-electron chi connectivity index (χ0n) is 13.3. The first-order valence-corrected chi connectivity index (χ1v) is 7.70. The van der Waals surface area contributed by atoms with Crippen LogP contribution in [-0.2, 0) is 19.1 Å². The summed E-state index contributed by atoms with van der Waals surface area (Å²) in [5, 5.41) is 14.4. The Bertz CT molecular complexity index is 403. The Morgan fingerprint density at radius 1 is 1.18 bits per heavy atom. The Kier molecular flexibility index (Phi) is 7.31. The molecule has 22 heavy (non-hydrogen) atoms. The summed E-state index contributed by atoms with van der Waals surface area (Å²) < 4.78 is 5.23. The summed E-state index contributed by atoms with van der Waals surface area (Å²) in [6.07, 6.45) is 1.95. The molecule has 0 atom stereocenters. The predicted molar refractivity (Wildman–Crippen MR) is 80.3 cm³/mol. The minimum absolute atomic E-state index is 0.126. The summed E-state index contributed by atoms with van der Waals surface area (Å²) in [5.74, 6) is -1.05. The molecule has 0 aromatic heterocycles. The summed E-state index contributed by atoms with van der Waals surface area (Å²) >= 11 is 0. The maximum atomic E-state index is 12.0. The quantitative estimate of drug-likeness (QED) is 0.611. The number of amides is 2. The van der Waals surface area contributed by atoms with E-state index >= 15 is 0 Å². The first kappa shape index (κ1) is 18.4. The molecule has 1 heterocycles. The van der Waals surface area contributed by atoms with Crippen molar-refractivity contribution in [1.82, 2.24) is 10.6 Å². The summed E-state index contributed by atoms with van der Waals surface area (Å²) in [7, 11) is 0. The maximum Gasteiger partial charge on any atom is 0.305 e. The molecule has 0 unspecified atom stereocenters. The number of rotatable bonds is 8. The van der Waals surface area contributed by atoms with Crippen molar-refractivity contribution < 1.29 is 24.2 Å². The van der Waals surface area contributed by atoms with Crippen LogP contribution in [0.3, 0.4) is 0 Å². The maximum absolute atomic E-state index is 12.0. The first-order chi connectivity index (χ1) is 10.3. The lowest BCUT2D eigenvalue weighted by molar-refractivity contribution is -0.140. The zero-order valence-corrected chi connectivity index (χ0v) is 13.3. The van der Waals surface area contributed by atoms with Crippen molar-refractivity contribution >= 4 is 17.8 Å². The minimum atomic E-state index is -0.955. The highest BCUT2D eigenvalue weighted by molar-refractivity contribution is 5.85. The van der Waals surface area contributed by atoms with E-state index in [4.69, 9.17) is 9.84 Å². The lowest BCUT2D eigenvalue weighted by atomic mass is 9.86. The molecule has 7 nitrogen and oxygen atoms in total. The van der Waals surface area contributed by atoms with Gasteiger partial charge in [-0.15, -0.1) is 0 Å². The van der Waals surface area contributed by atoms with Crippen LogP contribution in [0.25, 0.3) is 0 Å². The molecule has 0 saturated carbocycles. The Hall–Kier alpha value is -1.63. The Morgan fingerprint density at radius 2 is 1.82 bits per heavy atom. The van der Waals surface area contributed by atoms with Crippen molar-refractivity contribution in [1.29, 1.82) is 0 Å². The van der Waals surface area contributed by atoms with Crippen LogP contribution in [0.1, 0.15) is 46.0 Å². The van der Waals surface area contributed by atoms with Crippen LogP contribution in [-0.4, -0.2) is 48.2 Å². The van der Waals surface area contributed by atoms with Gasteiger partial charge in [0.05, 0.1) is 18.5 Å². The molecule has 1 saturated heterocycles. The molecule has 1 rings (SSSR count). The fourth-order valence-corrected chi connectivity index (χ4v) is 2.42. The molecule has 2 amide bonds. The number of hydrogen-bond acceptors (Lipinski definition) is 4. The molecule has 0 aromatic carbocycles. The molecule has 0 spiro atoms. The number of nitrogens with one attached hydrogen (secondary N) is 2. The number of hydrogen-bond donors (Lipinski definition) is 3. The summed E-state index contributed by atoms with van der Waals surface area (Å²) in [6, 6.07) is 0. The van der Waals surface area contributed by atoms with Gasteiger partial charge in [0, 0.05) is 19.6 Å². The van der Waals surface area contributed by atoms with Crippen molar-refractivity contribution in [2.45, 2.75) is 51.5 Å². The lowest BCUT2D eigenvalue weighted by Gasteiger charge is -2.36. The molecule has 1 aliphatic heterocycles. The van der Waals surface area contributed by atoms with E-state index in [-0.39, 0.29) is 24.8 Å². The van der Waals surface area contributed by atoms with E-state index in [1.807, 2.05) is 13.8 Å². The number of carbonyl (C=O) groups excluding carboxylic acids is 2. The standard InChI is InChI=1S/C15H26N2O5/c1-11(2)3-4-12(18)16-10-13(19)17-15(9-14(20)21)5-7-22-8-6-15/h11H,3-10H2,1-2H3,(H,16,18)(H,17,19)(H,20,21). The van der Waals surface area contributed by atoms with E-state index in [0.717, 1.165) is 6.42 Å². The van der Waals surface area contributed by atoms with Crippen LogP contribution in [0.4, 0.5) is 0 Å². The highest BCUT2D eigenvalue weighted by atomic mass is 16.5. The molecule has 7 heteroatoms. The molecule has 0 radical (unpaired) electrons. The molecule has 0 aliphatic carbocycles. The fourth-order valence-electron chi connectivity index (χ4n) is 2.42. The van der Waals surface area contributed by atoms with Gasteiger partial charge >= 0.3 is 5.97 Å². The topological polar surface area (TPSA) is 105 Å². The molecule has 0 aromatic rings. The van der Waals surface area contributed by atoms with Crippen LogP contribution in [0.5, 0.6) is 0 Å². The van der Waals surface area contributed by atoms with Crippen molar-refractivity contribution in [3.05, 3.63) is 0 Å². The van der Waals surface area contributed by atoms with Gasteiger partial charge in [-0.1, -0.05) is 13.8 Å². The second-order valence-corrected chi connectivity index (χ2v) is 6.22. The number of carboxylic acid groups (broad SMARTS) is 1. The summed E-state index contributed by atoms with van der Waals surface area (Å²) in [4.78, 5) is 34.6. The second kappa shape index (κ2) is 8.73. The van der Waals surface area contributed by atoms with Crippen molar-refractivity contribution in [3.63, 3.8) is 0 Å². The van der Waals surface area contributed by atoms with E-state index < -0.39 is 11.5 Å². The first-order valence-electron chi connectivity index (χ1n) is 7.70. The zero-order chi connectivity index (χ0) is 16.6. The fraction of sp³-hybridized carbons (Fsp3) is 0.800. The van der Waals surface area contributed by atoms with Crippen LogP contribution < -0.4 is 10.6 Å². The Morgan fingerprint density at radius 3 is 2.36 bits per heavy atom. The van der Waals surface area contributed by atoms with E-state index in [2.05, 4.69) is 10.6 Å². The molecule has 1 aliphatic rings. The van der Waals surface area contributed by atoms with Gasteiger partial charge in [-0.05, 0) is 25.2 Å². The van der Waals surface area contributed by atoms with Gasteiger partial charge in [0.15, 0.2) is 0 Å². The normalized spacial score (nSPS) is 17.0. The predicted octanol–water partition coefficient (Wildman–Crippen LogP) is 0.679. The molecular weight excluding hydrogens is 288 g/mol. The third-order valence-corrected chi connectivity index (χ3v) is 3.74. The smallest absolute Gasteiger partial charge is 0.305 e. The number of aliphatic carboxylic acids is 1. The number of carboxylic acids is 1. The second-order valence-electron chi connectivity index (χ2n) is 6.22. The Balaban J connectivity index is 2.43. The number of ether oxygens (including phenoxy) is 1. The minimum Gasteiger partial charge on any atom is -0.481 e. The van der Waals surface area contributed by atoms with Crippen LogP contribution in [0.15, 0.2) is 0 Å². The van der Waals surface area contributed by atoms with E-state index in [9.17, 15) is 14.4 Å². The third-order valence-electron chi connectivity index (χ3n) is 3.74. The average molecular weight is 314 g/mol. The van der Waals surface area contributed by atoms with E-state index in [1.165, 1.54) is 0 Å². The third kappa shape index (κ3) is 6.89. The van der Waals surface area contributed by atoms with E-state index in [0.29, 0.717) is 38.4 Å². The van der Waals surface area contributed by atoms with Crippen LogP contribution in [0.2, 0.25) is 0 Å². The van der Waals surface area contributed by atoms with Gasteiger partial charge in [0.2, 0.25) is 11.8 Å². The molecule has 1 fully saturated rings. The molecule has 126 valence electrons. The van der Waals surface area contributed by atoms with Crippen molar-refractivity contribution in [3.8, 4) is 0 Å². The van der Waals surface area contributed by atoms with Crippen LogP contribution in [0, 0.1) is 5.92 Å². The highest BCUT2D eigenvalue weighted by Gasteiger charge is 2.36. The van der Waals surface area contributed by atoms with Gasteiger partial charge in [-0.25, -0.2) is 0 Å². The monoisotopic (exact) mass is 314 g/mol. The summed E-state index contributed by atoms with van der Waals surface area (Å²) in [6.45, 7) is 4.78.